The van der Waals surface area contributed by atoms with E-state index in [0.717, 1.165) is 15.4 Å². The van der Waals surface area contributed by atoms with Crippen LogP contribution in [0.5, 0.6) is 11.8 Å². The lowest BCUT2D eigenvalue weighted by atomic mass is 10.1. The number of hydrogen-bond acceptors (Lipinski definition) is 16. The van der Waals surface area contributed by atoms with Crippen molar-refractivity contribution in [3.8, 4) is 11.8 Å². The van der Waals surface area contributed by atoms with E-state index in [9.17, 15) is 24.3 Å². The number of hydrogen-bond donors (Lipinski definition) is 4. The maximum absolute atomic E-state index is 11.5. The summed E-state index contributed by atoms with van der Waals surface area (Å²) in [6.07, 6.45) is 1.30. The van der Waals surface area contributed by atoms with E-state index >= 15 is 0 Å². The highest BCUT2D eigenvalue weighted by Crippen LogP contribution is 2.27. The van der Waals surface area contributed by atoms with Crippen molar-refractivity contribution < 1.29 is 57.8 Å². The molecule has 0 amide bonds. The molecule has 0 saturated carbocycles. The van der Waals surface area contributed by atoms with Gasteiger partial charge in [0, 0.05) is 10.2 Å². The largest absolute Gasteiger partial charge is 0.508 e. The molecule has 0 aliphatic heterocycles. The quantitative estimate of drug-likeness (QED) is 0.0847. The molecule has 0 aliphatic carbocycles. The summed E-state index contributed by atoms with van der Waals surface area (Å²) in [5.74, 6) is -1.21. The second-order valence-corrected chi connectivity index (χ2v) is 16.1. The number of carboxylic acids is 2. The molecule has 57 heavy (non-hydrogen) atoms. The van der Waals surface area contributed by atoms with Gasteiger partial charge in [-0.2, -0.15) is 0 Å². The van der Waals surface area contributed by atoms with E-state index in [-0.39, 0.29) is 26.4 Å². The highest BCUT2D eigenvalue weighted by atomic mass is 79.9. The number of ether oxygens (including phenoxy) is 6. The number of nitrogens with one attached hydrogen (secondary N) is 1. The summed E-state index contributed by atoms with van der Waals surface area (Å²) in [6, 6.07) is 10.8. The molecular weight excluding hydrogens is 812 g/mol. The Morgan fingerprint density at radius 3 is 1.47 bits per heavy atom. The van der Waals surface area contributed by atoms with Gasteiger partial charge in [-0.15, -0.1) is 0 Å². The molecule has 0 radical (unpaired) electrons. The molecular formula is C38H51BrN6O12. The molecule has 4 aromatic rings. The fourth-order valence-electron chi connectivity index (χ4n) is 3.85. The minimum absolute atomic E-state index is 0.00953. The summed E-state index contributed by atoms with van der Waals surface area (Å²) < 4.78 is 32.0. The molecule has 312 valence electrons. The number of benzene rings is 2. The van der Waals surface area contributed by atoms with E-state index in [1.54, 1.807) is 73.6 Å². The molecule has 19 heteroatoms. The van der Waals surface area contributed by atoms with Gasteiger partial charge < -0.3 is 49.7 Å². The highest BCUT2D eigenvalue weighted by Gasteiger charge is 2.27. The van der Waals surface area contributed by atoms with Crippen molar-refractivity contribution in [3.05, 3.63) is 53.5 Å². The molecule has 0 atom stereocenters. The number of carbonyl (C=O) groups excluding carboxylic acids is 2. The topological polar surface area (TPSA) is 254 Å². The van der Waals surface area contributed by atoms with Crippen LogP contribution in [0.15, 0.2) is 53.5 Å². The van der Waals surface area contributed by atoms with Crippen molar-refractivity contribution in [1.29, 1.82) is 0 Å². The van der Waals surface area contributed by atoms with Gasteiger partial charge in [-0.25, -0.2) is 34.3 Å². The monoisotopic (exact) mass is 862 g/mol. The Morgan fingerprint density at radius 2 is 1.07 bits per heavy atom. The Kier molecular flexibility index (Phi) is 17.2. The Morgan fingerprint density at radius 1 is 0.649 bits per heavy atom. The van der Waals surface area contributed by atoms with Gasteiger partial charge in [-0.05, 0) is 106 Å². The molecule has 0 saturated heterocycles. The summed E-state index contributed by atoms with van der Waals surface area (Å²) in [5.41, 5.74) is 3.64. The van der Waals surface area contributed by atoms with E-state index in [2.05, 4.69) is 41.2 Å². The first-order chi connectivity index (χ1) is 26.3. The molecule has 0 fully saturated rings. The Hall–Kier alpha value is -5.56. The van der Waals surface area contributed by atoms with Crippen molar-refractivity contribution >= 4 is 67.7 Å². The second-order valence-electron chi connectivity index (χ2n) is 15.2. The van der Waals surface area contributed by atoms with Gasteiger partial charge in [0.2, 0.25) is 11.8 Å². The molecule has 2 aromatic carbocycles. The Labute approximate surface area is 338 Å². The van der Waals surface area contributed by atoms with Crippen LogP contribution in [-0.2, 0) is 28.5 Å². The number of halogens is 1. The molecule has 0 unspecified atom stereocenters. The van der Waals surface area contributed by atoms with E-state index in [1.807, 2.05) is 18.2 Å². The molecule has 2 heterocycles. The lowest BCUT2D eigenvalue weighted by molar-refractivity contribution is -0.142. The number of fused-ring (bicyclic) bond motifs is 2. The van der Waals surface area contributed by atoms with Crippen molar-refractivity contribution in [2.24, 2.45) is 5.73 Å². The summed E-state index contributed by atoms with van der Waals surface area (Å²) >= 11 is 3.40. The normalized spacial score (nSPS) is 11.5. The molecule has 4 rings (SSSR count). The molecule has 0 bridgehead atoms. The van der Waals surface area contributed by atoms with Gasteiger partial charge in [0.25, 0.3) is 0 Å². The third-order valence-electron chi connectivity index (χ3n) is 6.57. The maximum atomic E-state index is 11.5. The summed E-state index contributed by atoms with van der Waals surface area (Å²) in [5, 5.41) is 21.7. The van der Waals surface area contributed by atoms with Crippen molar-refractivity contribution in [3.63, 3.8) is 0 Å². The number of anilines is 1. The molecule has 5 N–H and O–H groups in total. The van der Waals surface area contributed by atoms with Gasteiger partial charge in [0.1, 0.15) is 61.4 Å². The van der Waals surface area contributed by atoms with Crippen molar-refractivity contribution in [2.75, 3.05) is 31.7 Å². The first-order valence-corrected chi connectivity index (χ1v) is 18.2. The number of nitrogens with zero attached hydrogens (tertiary/aromatic N) is 4. The van der Waals surface area contributed by atoms with Crippen LogP contribution in [0.4, 0.5) is 15.3 Å². The van der Waals surface area contributed by atoms with Crippen LogP contribution < -0.4 is 20.5 Å². The fraction of sp³-hybridized carbons (Fsp3) is 0.474. The van der Waals surface area contributed by atoms with Crippen LogP contribution in [0.3, 0.4) is 0 Å². The number of aromatic nitrogens is 4. The third-order valence-corrected chi connectivity index (χ3v) is 7.06. The van der Waals surface area contributed by atoms with Gasteiger partial charge >= 0.3 is 24.2 Å². The highest BCUT2D eigenvalue weighted by molar-refractivity contribution is 9.10. The zero-order chi connectivity index (χ0) is 43.2. The van der Waals surface area contributed by atoms with Crippen LogP contribution in [0.25, 0.3) is 21.8 Å². The first-order valence-electron chi connectivity index (χ1n) is 17.4. The predicted molar refractivity (Wildman–Crippen MR) is 213 cm³/mol. The van der Waals surface area contributed by atoms with E-state index in [0.29, 0.717) is 28.4 Å². The fourth-order valence-corrected chi connectivity index (χ4v) is 4.21. The number of carboxylic acid groups (broad SMARTS) is 2. The van der Waals surface area contributed by atoms with Gasteiger partial charge in [-0.1, -0.05) is 15.9 Å². The molecule has 2 aromatic heterocycles. The van der Waals surface area contributed by atoms with Crippen LogP contribution >= 0.6 is 15.9 Å². The second kappa shape index (κ2) is 20.6. The van der Waals surface area contributed by atoms with E-state index in [1.165, 1.54) is 26.5 Å². The number of nitrogens with two attached hydrogens (primary N) is 1. The van der Waals surface area contributed by atoms with Gasteiger partial charge in [0.15, 0.2) is 0 Å². The zero-order valence-corrected chi connectivity index (χ0v) is 35.3. The Bertz CT molecular complexity index is 1990. The number of aliphatic carboxylic acids is 2. The smallest absolute Gasteiger partial charge is 0.480 e. The summed E-state index contributed by atoms with van der Waals surface area (Å²) in [7, 11) is 0. The van der Waals surface area contributed by atoms with Crippen LogP contribution in [0, 0.1) is 0 Å². The lowest BCUT2D eigenvalue weighted by Gasteiger charge is -2.22. The van der Waals surface area contributed by atoms with Gasteiger partial charge in [0.05, 0.1) is 21.8 Å². The molecule has 0 aliphatic rings. The zero-order valence-electron chi connectivity index (χ0n) is 33.7. The maximum Gasteiger partial charge on any atom is 0.508 e. The number of carbonyl (C=O) groups is 4. The van der Waals surface area contributed by atoms with E-state index in [4.69, 9.17) is 39.3 Å². The van der Waals surface area contributed by atoms with Crippen LogP contribution in [0.1, 0.15) is 69.2 Å². The standard InChI is InChI=1S/C19H25N3O6.C15H17BrN2O4.C4H9NO2/c1-18(2,3)28-17(25)27-9-8-26-15-13-10-12(22-19(4,5)16(23)24)6-7-14(13)20-11-21-15;1-15(2,3)22-14(19)21-7-6-20-13-11-8-10(16)4-5-12(11)17-9-18-13;1-4(2,5)3(6)7/h6-7,10-11,22H,8-9H2,1-5H3,(H,23,24);4-5,8-9H,6-7H2,1-3H3;5H2,1-2H3,(H,6,7). The minimum atomic E-state index is -1.15. The van der Waals surface area contributed by atoms with E-state index < -0.39 is 46.5 Å². The average Bonchev–Trinajstić information content (AvgIpc) is 3.07. The summed E-state index contributed by atoms with van der Waals surface area (Å²) in [4.78, 5) is 60.7. The van der Waals surface area contributed by atoms with Crippen LogP contribution in [0.2, 0.25) is 0 Å². The third kappa shape index (κ3) is 17.8. The first kappa shape index (κ1) is 47.6. The molecule has 18 nitrogen and oxygen atoms in total. The SMILES string of the molecule is CC(C)(C)OC(=O)OCCOc1ncnc2ccc(Br)cc12.CC(C)(C)OC(=O)OCCOc1ncnc2ccc(NC(C)(C)C(=O)O)cc12.CC(C)(N)C(=O)O. The predicted octanol–water partition coefficient (Wildman–Crippen LogP) is 6.77. The van der Waals surface area contributed by atoms with Crippen molar-refractivity contribution in [2.45, 2.75) is 91.5 Å². The summed E-state index contributed by atoms with van der Waals surface area (Å²) in [6.45, 7) is 16.9. The Balaban J connectivity index is 0.000000344. The average molecular weight is 864 g/mol. The van der Waals surface area contributed by atoms with Crippen molar-refractivity contribution in [1.82, 2.24) is 19.9 Å². The van der Waals surface area contributed by atoms with Crippen LogP contribution in [-0.4, -0.2) is 103 Å². The van der Waals surface area contributed by atoms with Gasteiger partial charge in [-0.3, -0.25) is 4.79 Å². The number of rotatable bonds is 12. The molecule has 0 spiro atoms. The minimum Gasteiger partial charge on any atom is -0.480 e. The lowest BCUT2D eigenvalue weighted by Crippen LogP contribution is -2.41.